The molecule has 0 atom stereocenters. The molecule has 1 aliphatic heterocycles. The normalized spacial score (nSPS) is 13.6. The van der Waals surface area contributed by atoms with E-state index in [1.807, 2.05) is 30.3 Å². The van der Waals surface area contributed by atoms with Gasteiger partial charge >= 0.3 is 7.12 Å². The molecule has 3 rings (SSSR count). The number of aromatic nitrogens is 1. The molecule has 0 spiro atoms. The number of methoxy groups -OCH3 is 2. The van der Waals surface area contributed by atoms with Crippen LogP contribution in [0.5, 0.6) is 11.6 Å². The molecule has 6 heteroatoms. The number of pyridine rings is 1. The summed E-state index contributed by atoms with van der Waals surface area (Å²) in [5.41, 5.74) is 3.93. The average molecular weight is 297 g/mol. The van der Waals surface area contributed by atoms with E-state index in [4.69, 9.17) is 14.1 Å². The van der Waals surface area contributed by atoms with Crippen molar-refractivity contribution < 1.29 is 19.2 Å². The molecule has 2 aromatic rings. The molecule has 0 unspecified atom stereocenters. The van der Waals surface area contributed by atoms with E-state index in [0.717, 1.165) is 22.3 Å². The highest BCUT2D eigenvalue weighted by Gasteiger charge is 2.23. The van der Waals surface area contributed by atoms with Crippen molar-refractivity contribution in [1.29, 1.82) is 0 Å². The van der Waals surface area contributed by atoms with E-state index < -0.39 is 7.12 Å². The first-order valence-electron chi connectivity index (χ1n) is 6.92. The highest BCUT2D eigenvalue weighted by Crippen LogP contribution is 2.32. The van der Waals surface area contributed by atoms with Gasteiger partial charge in [0.1, 0.15) is 0 Å². The van der Waals surface area contributed by atoms with Gasteiger partial charge in [0, 0.05) is 18.1 Å². The Kier molecular flexibility index (Phi) is 4.02. The molecule has 0 fully saturated rings. The number of allylic oxidation sites excluding steroid dienone is 1. The third-order valence-corrected chi connectivity index (χ3v) is 3.56. The summed E-state index contributed by atoms with van der Waals surface area (Å²) in [5, 5.41) is 9.46. The van der Waals surface area contributed by atoms with E-state index in [0.29, 0.717) is 17.9 Å². The third kappa shape index (κ3) is 2.78. The van der Waals surface area contributed by atoms with Gasteiger partial charge in [0.15, 0.2) is 5.75 Å². The minimum atomic E-state index is -0.749. The Morgan fingerprint density at radius 1 is 1.14 bits per heavy atom. The van der Waals surface area contributed by atoms with E-state index in [1.54, 1.807) is 26.7 Å². The van der Waals surface area contributed by atoms with Gasteiger partial charge in [-0.15, -0.1) is 0 Å². The molecule has 1 N–H and O–H groups in total. The van der Waals surface area contributed by atoms with Crippen LogP contribution in [0.2, 0.25) is 6.32 Å². The largest absolute Gasteiger partial charge is 0.542 e. The zero-order valence-corrected chi connectivity index (χ0v) is 12.4. The molecule has 0 bridgehead atoms. The highest BCUT2D eigenvalue weighted by atomic mass is 16.5. The van der Waals surface area contributed by atoms with Crippen LogP contribution in [0.3, 0.4) is 0 Å². The van der Waals surface area contributed by atoms with Gasteiger partial charge in [0.05, 0.1) is 20.5 Å². The minimum Gasteiger partial charge on any atom is -0.542 e. The molecule has 0 amide bonds. The summed E-state index contributed by atoms with van der Waals surface area (Å²) >= 11 is 0. The van der Waals surface area contributed by atoms with Crippen LogP contribution >= 0.6 is 0 Å². The molecule has 0 saturated carbocycles. The number of hydrogen-bond acceptors (Lipinski definition) is 5. The van der Waals surface area contributed by atoms with Crippen molar-refractivity contribution in [2.75, 3.05) is 14.2 Å². The van der Waals surface area contributed by atoms with Crippen molar-refractivity contribution in [2.45, 2.75) is 6.32 Å². The van der Waals surface area contributed by atoms with Gasteiger partial charge in [-0.2, -0.15) is 0 Å². The molecule has 0 radical (unpaired) electrons. The molecule has 0 saturated heterocycles. The lowest BCUT2D eigenvalue weighted by Crippen LogP contribution is -2.08. The van der Waals surface area contributed by atoms with E-state index in [-0.39, 0.29) is 0 Å². The first-order valence-corrected chi connectivity index (χ1v) is 6.92. The molecule has 112 valence electrons. The molecule has 5 nitrogen and oxygen atoms in total. The van der Waals surface area contributed by atoms with Crippen LogP contribution in [0, 0.1) is 0 Å². The second-order valence-electron chi connectivity index (χ2n) is 4.95. The zero-order valence-electron chi connectivity index (χ0n) is 12.4. The molecule has 1 aromatic heterocycles. The highest BCUT2D eigenvalue weighted by molar-refractivity contribution is 6.47. The van der Waals surface area contributed by atoms with Crippen molar-refractivity contribution in [1.82, 2.24) is 4.98 Å². The minimum absolute atomic E-state index is 0.456. The summed E-state index contributed by atoms with van der Waals surface area (Å²) in [4.78, 5) is 4.26. The van der Waals surface area contributed by atoms with Gasteiger partial charge < -0.3 is 19.2 Å². The fourth-order valence-electron chi connectivity index (χ4n) is 2.42. The van der Waals surface area contributed by atoms with Crippen LogP contribution in [0.4, 0.5) is 0 Å². The fraction of sp³-hybridized carbons (Fsp3) is 0.188. The lowest BCUT2D eigenvalue weighted by molar-refractivity contribution is 0.343. The Bertz CT molecular complexity index is 717. The molecular formula is C16H16BNO4. The van der Waals surface area contributed by atoms with Crippen LogP contribution in [0.25, 0.3) is 16.7 Å². The summed E-state index contributed by atoms with van der Waals surface area (Å²) in [6, 6.07) is 9.88. The molecule has 1 aromatic carbocycles. The van der Waals surface area contributed by atoms with Gasteiger partial charge in [-0.25, -0.2) is 4.98 Å². The predicted octanol–water partition coefficient (Wildman–Crippen LogP) is 2.62. The maximum atomic E-state index is 9.46. The number of nitrogens with zero attached hydrogens (tertiary/aromatic N) is 1. The number of hydrogen-bond donors (Lipinski definition) is 1. The zero-order chi connectivity index (χ0) is 15.5. The van der Waals surface area contributed by atoms with Crippen LogP contribution in [-0.4, -0.2) is 31.3 Å². The van der Waals surface area contributed by atoms with Gasteiger partial charge in [-0.05, 0) is 28.8 Å². The summed E-state index contributed by atoms with van der Waals surface area (Å²) < 4.78 is 15.5. The van der Waals surface area contributed by atoms with E-state index in [2.05, 4.69) is 4.98 Å². The average Bonchev–Trinajstić information content (AvgIpc) is 3.01. The van der Waals surface area contributed by atoms with Crippen LogP contribution in [0.1, 0.15) is 5.56 Å². The Morgan fingerprint density at radius 3 is 2.64 bits per heavy atom. The standard InChI is InChI=1S/C16H16BNO4/c1-20-15-7-13(9-18-16(15)21-2)11-4-3-5-12(6-11)14-8-17(19)22-10-14/h3-7,9-10,19H,8H2,1-2H3. The van der Waals surface area contributed by atoms with Crippen molar-refractivity contribution in [3.8, 4) is 22.8 Å². The number of ether oxygens (including phenoxy) is 2. The maximum absolute atomic E-state index is 9.46. The summed E-state index contributed by atoms with van der Waals surface area (Å²) in [6.07, 6.45) is 3.85. The van der Waals surface area contributed by atoms with Crippen LogP contribution < -0.4 is 9.47 Å². The first kappa shape index (κ1) is 14.5. The van der Waals surface area contributed by atoms with Crippen molar-refractivity contribution >= 4 is 12.7 Å². The van der Waals surface area contributed by atoms with E-state index in [1.165, 1.54) is 0 Å². The Labute approximate surface area is 129 Å². The van der Waals surface area contributed by atoms with Crippen molar-refractivity contribution in [3.05, 3.63) is 48.4 Å². The second kappa shape index (κ2) is 6.11. The van der Waals surface area contributed by atoms with Gasteiger partial charge in [0.25, 0.3) is 5.88 Å². The quantitative estimate of drug-likeness (QED) is 0.879. The van der Waals surface area contributed by atoms with Crippen molar-refractivity contribution in [2.24, 2.45) is 0 Å². The number of rotatable bonds is 4. The second-order valence-corrected chi connectivity index (χ2v) is 4.95. The number of benzene rings is 1. The maximum Gasteiger partial charge on any atom is 0.526 e. The lowest BCUT2D eigenvalue weighted by Gasteiger charge is -2.09. The molecule has 22 heavy (non-hydrogen) atoms. The molecule has 1 aliphatic rings. The smallest absolute Gasteiger partial charge is 0.526 e. The lowest BCUT2D eigenvalue weighted by atomic mass is 9.81. The van der Waals surface area contributed by atoms with Gasteiger partial charge in [-0.3, -0.25) is 0 Å². The SMILES string of the molecule is COc1cc(-c2cccc(C3=COB(O)C3)c2)cnc1OC. The Morgan fingerprint density at radius 2 is 1.95 bits per heavy atom. The summed E-state index contributed by atoms with van der Waals surface area (Å²) in [5.74, 6) is 1.04. The Balaban J connectivity index is 1.95. The van der Waals surface area contributed by atoms with Gasteiger partial charge in [-0.1, -0.05) is 18.2 Å². The monoisotopic (exact) mass is 297 g/mol. The van der Waals surface area contributed by atoms with Crippen molar-refractivity contribution in [3.63, 3.8) is 0 Å². The van der Waals surface area contributed by atoms with Crippen LogP contribution in [0.15, 0.2) is 42.8 Å². The Hall–Kier alpha value is -2.47. The summed E-state index contributed by atoms with van der Waals surface area (Å²) in [7, 11) is 2.39. The summed E-state index contributed by atoms with van der Waals surface area (Å²) in [6.45, 7) is 0. The molecule has 2 heterocycles. The first-order chi connectivity index (χ1) is 10.7. The van der Waals surface area contributed by atoms with E-state index >= 15 is 0 Å². The topological polar surface area (TPSA) is 60.8 Å². The third-order valence-electron chi connectivity index (χ3n) is 3.56. The fourth-order valence-corrected chi connectivity index (χ4v) is 2.42. The molecular weight excluding hydrogens is 281 g/mol. The predicted molar refractivity (Wildman–Crippen MR) is 84.6 cm³/mol. The van der Waals surface area contributed by atoms with Crippen LogP contribution in [-0.2, 0) is 4.65 Å². The van der Waals surface area contributed by atoms with Gasteiger partial charge in [0.2, 0.25) is 0 Å². The van der Waals surface area contributed by atoms with E-state index in [9.17, 15) is 5.02 Å². The molecule has 0 aliphatic carbocycles.